The number of hydrogen-bond acceptors (Lipinski definition) is 1. The van der Waals surface area contributed by atoms with Crippen LogP contribution in [0, 0.1) is 0 Å². The molecule has 0 aliphatic carbocycles. The molecule has 3 heteroatoms. The zero-order chi connectivity index (χ0) is 13.0. The highest BCUT2D eigenvalue weighted by Gasteiger charge is 2.09. The normalized spacial score (nSPS) is 11.3. The van der Waals surface area contributed by atoms with E-state index in [1.807, 2.05) is 30.3 Å². The SMILES string of the molecule is O=C(C(Br)=Cc1ccccc1)c1ccc(Cl)cc1. The van der Waals surface area contributed by atoms with Crippen LogP contribution in [0.4, 0.5) is 0 Å². The summed E-state index contributed by atoms with van der Waals surface area (Å²) in [6.07, 6.45) is 1.80. The lowest BCUT2D eigenvalue weighted by Gasteiger charge is -2.00. The first kappa shape index (κ1) is 13.1. The molecule has 0 aliphatic rings. The fourth-order valence-corrected chi connectivity index (χ4v) is 2.12. The molecule has 0 N–H and O–H groups in total. The molecule has 0 radical (unpaired) electrons. The van der Waals surface area contributed by atoms with Gasteiger partial charge in [0.25, 0.3) is 0 Å². The summed E-state index contributed by atoms with van der Waals surface area (Å²) in [7, 11) is 0. The summed E-state index contributed by atoms with van der Waals surface area (Å²) in [5, 5.41) is 0.620. The second-order valence-electron chi connectivity index (χ2n) is 3.74. The number of ketones is 1. The van der Waals surface area contributed by atoms with Gasteiger partial charge >= 0.3 is 0 Å². The Morgan fingerprint density at radius 1 is 1.00 bits per heavy atom. The summed E-state index contributed by atoms with van der Waals surface area (Å²) >= 11 is 9.10. The molecule has 0 amide bonds. The van der Waals surface area contributed by atoms with Crippen molar-refractivity contribution < 1.29 is 4.79 Å². The summed E-state index contributed by atoms with van der Waals surface area (Å²) in [6, 6.07) is 16.5. The van der Waals surface area contributed by atoms with E-state index in [2.05, 4.69) is 15.9 Å². The minimum Gasteiger partial charge on any atom is -0.288 e. The van der Waals surface area contributed by atoms with E-state index < -0.39 is 0 Å². The van der Waals surface area contributed by atoms with Gasteiger partial charge in [-0.05, 0) is 51.8 Å². The van der Waals surface area contributed by atoms with Gasteiger partial charge in [-0.25, -0.2) is 0 Å². The maximum atomic E-state index is 12.1. The van der Waals surface area contributed by atoms with Gasteiger partial charge in [0.05, 0.1) is 4.48 Å². The van der Waals surface area contributed by atoms with E-state index in [0.29, 0.717) is 15.1 Å². The van der Waals surface area contributed by atoms with Crippen molar-refractivity contribution in [1.29, 1.82) is 0 Å². The molecule has 0 aliphatic heterocycles. The van der Waals surface area contributed by atoms with Crippen molar-refractivity contribution >= 4 is 39.4 Å². The molecule has 0 unspecified atom stereocenters. The van der Waals surface area contributed by atoms with Crippen molar-refractivity contribution in [2.45, 2.75) is 0 Å². The Labute approximate surface area is 119 Å². The predicted molar refractivity (Wildman–Crippen MR) is 79.1 cm³/mol. The third kappa shape index (κ3) is 3.31. The Balaban J connectivity index is 2.24. The lowest BCUT2D eigenvalue weighted by atomic mass is 10.1. The summed E-state index contributed by atoms with van der Waals surface area (Å²) in [4.78, 5) is 12.1. The van der Waals surface area contributed by atoms with E-state index >= 15 is 0 Å². The minimum atomic E-state index is -0.0597. The average molecular weight is 322 g/mol. The van der Waals surface area contributed by atoms with Crippen LogP contribution in [0.5, 0.6) is 0 Å². The maximum absolute atomic E-state index is 12.1. The molecule has 0 fully saturated rings. The Morgan fingerprint density at radius 2 is 1.61 bits per heavy atom. The monoisotopic (exact) mass is 320 g/mol. The third-order valence-electron chi connectivity index (χ3n) is 2.42. The van der Waals surface area contributed by atoms with Gasteiger partial charge in [-0.1, -0.05) is 41.9 Å². The molecule has 90 valence electrons. The second kappa shape index (κ2) is 5.98. The van der Waals surface area contributed by atoms with Crippen LogP contribution in [0.25, 0.3) is 6.08 Å². The van der Waals surface area contributed by atoms with Gasteiger partial charge in [-0.15, -0.1) is 0 Å². The lowest BCUT2D eigenvalue weighted by molar-refractivity contribution is 0.104. The molecule has 2 aromatic rings. The van der Waals surface area contributed by atoms with Gasteiger partial charge in [-0.2, -0.15) is 0 Å². The maximum Gasteiger partial charge on any atom is 0.199 e. The van der Waals surface area contributed by atoms with Gasteiger partial charge in [-0.3, -0.25) is 4.79 Å². The van der Waals surface area contributed by atoms with Crippen molar-refractivity contribution in [3.05, 3.63) is 75.2 Å². The number of rotatable bonds is 3. The van der Waals surface area contributed by atoms with Gasteiger partial charge in [0.2, 0.25) is 0 Å². The molecule has 0 heterocycles. The Bertz CT molecular complexity index is 573. The average Bonchev–Trinajstić information content (AvgIpc) is 2.40. The number of carbonyl (C=O) groups is 1. The van der Waals surface area contributed by atoms with E-state index in [1.165, 1.54) is 0 Å². The summed E-state index contributed by atoms with van der Waals surface area (Å²) in [5.41, 5.74) is 1.59. The summed E-state index contributed by atoms with van der Waals surface area (Å²) < 4.78 is 0.524. The summed E-state index contributed by atoms with van der Waals surface area (Å²) in [6.45, 7) is 0. The summed E-state index contributed by atoms with van der Waals surface area (Å²) in [5.74, 6) is -0.0597. The number of Topliss-reactive ketones (excluding diaryl/α,β-unsaturated/α-hetero) is 1. The number of carbonyl (C=O) groups excluding carboxylic acids is 1. The van der Waals surface area contributed by atoms with Crippen molar-refractivity contribution in [2.75, 3.05) is 0 Å². The van der Waals surface area contributed by atoms with Gasteiger partial charge in [0.1, 0.15) is 0 Å². The standard InChI is InChI=1S/C15H10BrClO/c16-14(10-11-4-2-1-3-5-11)15(18)12-6-8-13(17)9-7-12/h1-10H. The zero-order valence-corrected chi connectivity index (χ0v) is 11.8. The highest BCUT2D eigenvalue weighted by molar-refractivity contribution is 9.12. The van der Waals surface area contributed by atoms with Crippen LogP contribution in [0.15, 0.2) is 59.1 Å². The quantitative estimate of drug-likeness (QED) is 0.577. The van der Waals surface area contributed by atoms with Gasteiger partial charge in [0, 0.05) is 10.6 Å². The molecule has 1 nitrogen and oxygen atoms in total. The number of allylic oxidation sites excluding steroid dienone is 1. The molecule has 18 heavy (non-hydrogen) atoms. The van der Waals surface area contributed by atoms with Crippen LogP contribution in [-0.4, -0.2) is 5.78 Å². The fraction of sp³-hybridized carbons (Fsp3) is 0. The first-order chi connectivity index (χ1) is 8.66. The molecule has 0 aromatic heterocycles. The Morgan fingerprint density at radius 3 is 2.22 bits per heavy atom. The van der Waals surface area contributed by atoms with Crippen LogP contribution in [-0.2, 0) is 0 Å². The molecular weight excluding hydrogens is 312 g/mol. The molecule has 0 bridgehead atoms. The van der Waals surface area contributed by atoms with Crippen LogP contribution < -0.4 is 0 Å². The highest BCUT2D eigenvalue weighted by atomic mass is 79.9. The largest absolute Gasteiger partial charge is 0.288 e. The van der Waals surface area contributed by atoms with E-state index in [9.17, 15) is 4.79 Å². The molecule has 2 aromatic carbocycles. The lowest BCUT2D eigenvalue weighted by Crippen LogP contribution is -1.97. The Hall–Kier alpha value is -1.38. The van der Waals surface area contributed by atoms with Crippen LogP contribution in [0.3, 0.4) is 0 Å². The molecule has 0 saturated heterocycles. The minimum absolute atomic E-state index is 0.0597. The van der Waals surface area contributed by atoms with Crippen LogP contribution >= 0.6 is 27.5 Å². The third-order valence-corrected chi connectivity index (χ3v) is 3.26. The molecule has 0 spiro atoms. The number of benzene rings is 2. The second-order valence-corrected chi connectivity index (χ2v) is 5.03. The number of halogens is 2. The van der Waals surface area contributed by atoms with Gasteiger partial charge in [0.15, 0.2) is 5.78 Å². The zero-order valence-electron chi connectivity index (χ0n) is 9.44. The van der Waals surface area contributed by atoms with E-state index in [-0.39, 0.29) is 5.78 Å². The smallest absolute Gasteiger partial charge is 0.199 e. The highest BCUT2D eigenvalue weighted by Crippen LogP contribution is 2.19. The van der Waals surface area contributed by atoms with Crippen LogP contribution in [0.1, 0.15) is 15.9 Å². The first-order valence-electron chi connectivity index (χ1n) is 5.39. The van der Waals surface area contributed by atoms with Crippen LogP contribution in [0.2, 0.25) is 5.02 Å². The predicted octanol–water partition coefficient (Wildman–Crippen LogP) is 4.96. The molecule has 0 saturated carbocycles. The van der Waals surface area contributed by atoms with E-state index in [0.717, 1.165) is 5.56 Å². The Kier molecular flexibility index (Phi) is 4.34. The number of hydrogen-bond donors (Lipinski definition) is 0. The van der Waals surface area contributed by atoms with Crippen molar-refractivity contribution in [2.24, 2.45) is 0 Å². The first-order valence-corrected chi connectivity index (χ1v) is 6.56. The molecular formula is C15H10BrClO. The topological polar surface area (TPSA) is 17.1 Å². The van der Waals surface area contributed by atoms with E-state index in [4.69, 9.17) is 11.6 Å². The molecule has 2 rings (SSSR count). The van der Waals surface area contributed by atoms with Crippen molar-refractivity contribution in [1.82, 2.24) is 0 Å². The van der Waals surface area contributed by atoms with Crippen molar-refractivity contribution in [3.8, 4) is 0 Å². The molecule has 0 atom stereocenters. The van der Waals surface area contributed by atoms with Crippen molar-refractivity contribution in [3.63, 3.8) is 0 Å². The van der Waals surface area contributed by atoms with E-state index in [1.54, 1.807) is 30.3 Å². The van der Waals surface area contributed by atoms with Gasteiger partial charge < -0.3 is 0 Å². The fourth-order valence-electron chi connectivity index (χ4n) is 1.50.